The van der Waals surface area contributed by atoms with Gasteiger partial charge in [0.2, 0.25) is 0 Å². The molecule has 7 aromatic rings. The number of aromatic nitrogens is 2. The molecule has 0 saturated heterocycles. The summed E-state index contributed by atoms with van der Waals surface area (Å²) in [5, 5.41) is 2.50. The number of benzene rings is 5. The highest BCUT2D eigenvalue weighted by molar-refractivity contribution is 6.15. The zero-order chi connectivity index (χ0) is 46.1. The summed E-state index contributed by atoms with van der Waals surface area (Å²) in [7, 11) is 0. The summed E-state index contributed by atoms with van der Waals surface area (Å²) < 4.78 is 9.69. The predicted molar refractivity (Wildman–Crippen MR) is 272 cm³/mol. The molecular formula is C60H66N4O. The molecule has 1 spiro atoms. The van der Waals surface area contributed by atoms with Crippen molar-refractivity contribution in [3.05, 3.63) is 158 Å². The maximum atomic E-state index is 7.28. The van der Waals surface area contributed by atoms with Crippen LogP contribution in [0.4, 0.5) is 5.69 Å². The number of amidine groups is 1. The first kappa shape index (κ1) is 42.0. The first-order valence-electron chi connectivity index (χ1n) is 24.1. The number of aryl methyl sites for hydroxylation is 3. The Morgan fingerprint density at radius 2 is 1.46 bits per heavy atom. The first-order valence-corrected chi connectivity index (χ1v) is 24.1. The van der Waals surface area contributed by atoms with Crippen LogP contribution in [0.3, 0.4) is 0 Å². The molecule has 5 heterocycles. The van der Waals surface area contributed by atoms with Gasteiger partial charge in [-0.2, -0.15) is 0 Å². The Kier molecular flexibility index (Phi) is 8.69. The number of hydrogen-bond acceptors (Lipinski definition) is 4. The molecule has 11 rings (SSSR count). The van der Waals surface area contributed by atoms with E-state index in [1.54, 1.807) is 0 Å². The van der Waals surface area contributed by atoms with E-state index in [0.29, 0.717) is 11.8 Å². The number of aliphatic imine (C=N–C) groups is 1. The minimum Gasteiger partial charge on any atom is -0.457 e. The molecule has 1 aliphatic carbocycles. The summed E-state index contributed by atoms with van der Waals surface area (Å²) in [5.74, 6) is 4.44. The van der Waals surface area contributed by atoms with Gasteiger partial charge in [-0.3, -0.25) is 9.56 Å². The van der Waals surface area contributed by atoms with Gasteiger partial charge >= 0.3 is 0 Å². The SMILES string of the molecule is Cc1cc2c(cc1C)[C@]13CC(C)c4cccc(C(C)C)c4N1C(c1cc(Oc4cc5c(cc4C)c4cc(C(C)(C)C)cc6c4n5-c4ncccc4C6(C)C)cc(C(C)(C)C)c1)=N[C@]3(C)C2. The number of ether oxygens (including phenoxy) is 1. The largest absolute Gasteiger partial charge is 0.457 e. The lowest BCUT2D eigenvalue weighted by Gasteiger charge is -2.51. The third-order valence-electron chi connectivity index (χ3n) is 16.2. The van der Waals surface area contributed by atoms with Crippen LogP contribution < -0.4 is 9.64 Å². The Morgan fingerprint density at radius 1 is 0.738 bits per heavy atom. The van der Waals surface area contributed by atoms with E-state index in [1.165, 1.54) is 77.6 Å². The molecule has 0 bridgehead atoms. The lowest BCUT2D eigenvalue weighted by Crippen LogP contribution is -2.57. The zero-order valence-corrected chi connectivity index (χ0v) is 41.4. The minimum atomic E-state index is -0.357. The van der Waals surface area contributed by atoms with Gasteiger partial charge in [-0.15, -0.1) is 0 Å². The van der Waals surface area contributed by atoms with Gasteiger partial charge in [0.05, 0.1) is 27.8 Å². The van der Waals surface area contributed by atoms with E-state index in [4.69, 9.17) is 14.7 Å². The normalized spacial score (nSPS) is 21.6. The standard InChI is InChI=1S/C60H66N4O/c1-33(2)43-18-16-19-44-37(6)31-60-48-24-35(4)34(3)22-39(48)32-59(60,15)62-54(64(60)52(43)44)38-25-40(56(7,8)9)27-42(26-38)65-51-30-50-45(23-36(51)5)46-28-41(57(10,11)12)29-49-53(46)63(50)55-47(58(49,13)14)20-17-21-61-55/h16-30,33,37H,31-32H2,1-15H3/t37?,59-,60+/m1/s1. The summed E-state index contributed by atoms with van der Waals surface area (Å²) in [5.41, 5.74) is 18.4. The maximum Gasteiger partial charge on any atom is 0.141 e. The fourth-order valence-electron chi connectivity index (χ4n) is 12.4. The van der Waals surface area contributed by atoms with Gasteiger partial charge in [-0.25, -0.2) is 4.98 Å². The molecule has 0 amide bonds. The van der Waals surface area contributed by atoms with E-state index in [0.717, 1.165) is 52.6 Å². The van der Waals surface area contributed by atoms with E-state index in [1.807, 2.05) is 6.20 Å². The van der Waals surface area contributed by atoms with Crippen molar-refractivity contribution in [2.24, 2.45) is 4.99 Å². The molecule has 5 nitrogen and oxygen atoms in total. The number of nitrogens with zero attached hydrogens (tertiary/aromatic N) is 4. The van der Waals surface area contributed by atoms with Crippen molar-refractivity contribution in [1.29, 1.82) is 0 Å². The van der Waals surface area contributed by atoms with Crippen LogP contribution in [0.2, 0.25) is 0 Å². The van der Waals surface area contributed by atoms with Crippen molar-refractivity contribution in [1.82, 2.24) is 9.55 Å². The molecule has 0 N–H and O–H groups in total. The van der Waals surface area contributed by atoms with Gasteiger partial charge in [0.1, 0.15) is 23.2 Å². The van der Waals surface area contributed by atoms with Crippen LogP contribution in [0.15, 0.2) is 96.1 Å². The Bertz CT molecular complexity index is 3220. The smallest absolute Gasteiger partial charge is 0.141 e. The number of hydrogen-bond donors (Lipinski definition) is 0. The van der Waals surface area contributed by atoms with Crippen molar-refractivity contribution >= 4 is 33.3 Å². The molecule has 3 atom stereocenters. The highest BCUT2D eigenvalue weighted by atomic mass is 16.5. The van der Waals surface area contributed by atoms with E-state index < -0.39 is 0 Å². The topological polar surface area (TPSA) is 42.6 Å². The van der Waals surface area contributed by atoms with Crippen LogP contribution in [0, 0.1) is 20.8 Å². The zero-order valence-electron chi connectivity index (χ0n) is 41.4. The van der Waals surface area contributed by atoms with Crippen molar-refractivity contribution < 1.29 is 4.74 Å². The van der Waals surface area contributed by atoms with Crippen molar-refractivity contribution in [3.63, 3.8) is 0 Å². The van der Waals surface area contributed by atoms with E-state index in [-0.39, 0.29) is 27.3 Å². The molecule has 0 radical (unpaired) electrons. The molecule has 332 valence electrons. The predicted octanol–water partition coefficient (Wildman–Crippen LogP) is 15.2. The van der Waals surface area contributed by atoms with Crippen molar-refractivity contribution in [3.8, 4) is 17.3 Å². The highest BCUT2D eigenvalue weighted by Crippen LogP contribution is 2.64. The van der Waals surface area contributed by atoms with E-state index >= 15 is 0 Å². The van der Waals surface area contributed by atoms with Crippen molar-refractivity contribution in [2.45, 2.75) is 156 Å². The molecular weight excluding hydrogens is 793 g/mol. The fraction of sp³-hybridized carbons (Fsp3) is 0.400. The molecule has 0 fully saturated rings. The number of para-hydroxylation sites is 1. The Labute approximate surface area is 387 Å². The molecule has 4 aliphatic rings. The Hall–Kier alpha value is -5.68. The number of anilines is 1. The first-order chi connectivity index (χ1) is 30.5. The number of pyridine rings is 1. The fourth-order valence-corrected chi connectivity index (χ4v) is 12.4. The van der Waals surface area contributed by atoms with Crippen LogP contribution in [0.5, 0.6) is 11.5 Å². The Balaban J connectivity index is 1.12. The molecule has 65 heavy (non-hydrogen) atoms. The van der Waals surface area contributed by atoms with E-state index in [2.05, 4.69) is 198 Å². The molecule has 1 unspecified atom stereocenters. The van der Waals surface area contributed by atoms with Gasteiger partial charge in [-0.05, 0) is 149 Å². The average molecular weight is 859 g/mol. The average Bonchev–Trinajstić information content (AvgIpc) is 3.77. The lowest BCUT2D eigenvalue weighted by atomic mass is 9.67. The second kappa shape index (κ2) is 13.5. The summed E-state index contributed by atoms with van der Waals surface area (Å²) >= 11 is 0. The lowest BCUT2D eigenvalue weighted by molar-refractivity contribution is 0.252. The monoisotopic (exact) mass is 859 g/mol. The highest BCUT2D eigenvalue weighted by Gasteiger charge is 2.66. The second-order valence-electron chi connectivity index (χ2n) is 23.5. The molecule has 3 aliphatic heterocycles. The quantitative estimate of drug-likeness (QED) is 0.177. The maximum absolute atomic E-state index is 7.28. The van der Waals surface area contributed by atoms with E-state index in [9.17, 15) is 0 Å². The summed E-state index contributed by atoms with van der Waals surface area (Å²) in [6, 6.07) is 32.8. The van der Waals surface area contributed by atoms with Crippen molar-refractivity contribution in [2.75, 3.05) is 4.90 Å². The van der Waals surface area contributed by atoms with Gasteiger partial charge in [0, 0.05) is 46.0 Å². The number of rotatable bonds is 4. The van der Waals surface area contributed by atoms with Gasteiger partial charge in [0.25, 0.3) is 0 Å². The minimum absolute atomic E-state index is 0.0101. The van der Waals surface area contributed by atoms with Crippen LogP contribution in [-0.4, -0.2) is 20.9 Å². The molecule has 5 aromatic carbocycles. The number of fused-ring (bicyclic) bond motifs is 8. The van der Waals surface area contributed by atoms with Gasteiger partial charge in [-0.1, -0.05) is 119 Å². The third kappa shape index (κ3) is 5.75. The van der Waals surface area contributed by atoms with Gasteiger partial charge < -0.3 is 9.64 Å². The summed E-state index contributed by atoms with van der Waals surface area (Å²) in [4.78, 5) is 13.8. The van der Waals surface area contributed by atoms with Crippen LogP contribution >= 0.6 is 0 Å². The van der Waals surface area contributed by atoms with Crippen LogP contribution in [0.1, 0.15) is 168 Å². The summed E-state index contributed by atoms with van der Waals surface area (Å²) in [6.45, 7) is 34.9. The van der Waals surface area contributed by atoms with Crippen LogP contribution in [0.25, 0.3) is 27.6 Å². The molecule has 2 aromatic heterocycles. The third-order valence-corrected chi connectivity index (χ3v) is 16.2. The van der Waals surface area contributed by atoms with Crippen LogP contribution in [-0.2, 0) is 28.2 Å². The summed E-state index contributed by atoms with van der Waals surface area (Å²) in [6.07, 6.45) is 3.85. The second-order valence-corrected chi connectivity index (χ2v) is 23.5. The molecule has 0 saturated carbocycles. The van der Waals surface area contributed by atoms with Gasteiger partial charge in [0.15, 0.2) is 0 Å². The Morgan fingerprint density at radius 3 is 2.18 bits per heavy atom. The molecule has 5 heteroatoms.